The monoisotopic (exact) mass is 285 g/mol. The van der Waals surface area contributed by atoms with Crippen LogP contribution in [0.2, 0.25) is 0 Å². The third kappa shape index (κ3) is 5.36. The summed E-state index contributed by atoms with van der Waals surface area (Å²) < 4.78 is 9.78. The van der Waals surface area contributed by atoms with E-state index in [-0.39, 0.29) is 5.97 Å². The van der Waals surface area contributed by atoms with E-state index in [1.807, 2.05) is 0 Å². The summed E-state index contributed by atoms with van der Waals surface area (Å²) in [6, 6.07) is 0. The van der Waals surface area contributed by atoms with Crippen molar-refractivity contribution in [3.63, 3.8) is 0 Å². The van der Waals surface area contributed by atoms with Crippen molar-refractivity contribution in [2.75, 3.05) is 41.0 Å². The SMILES string of the molecule is CN=C(NCCC(=O)OC)NCC1(CCOC)CCC1. The molecule has 0 radical (unpaired) electrons. The summed E-state index contributed by atoms with van der Waals surface area (Å²) in [7, 11) is 4.87. The second-order valence-corrected chi connectivity index (χ2v) is 5.28. The number of nitrogens with zero attached hydrogens (tertiary/aromatic N) is 1. The van der Waals surface area contributed by atoms with Crippen molar-refractivity contribution in [1.29, 1.82) is 0 Å². The number of rotatable bonds is 8. The van der Waals surface area contributed by atoms with Gasteiger partial charge in [-0.2, -0.15) is 0 Å². The lowest BCUT2D eigenvalue weighted by atomic mass is 9.67. The van der Waals surface area contributed by atoms with Gasteiger partial charge in [0, 0.05) is 33.9 Å². The Balaban J connectivity index is 2.28. The van der Waals surface area contributed by atoms with E-state index >= 15 is 0 Å². The number of methoxy groups -OCH3 is 2. The molecule has 0 aromatic heterocycles. The topological polar surface area (TPSA) is 72.0 Å². The molecule has 6 heteroatoms. The highest BCUT2D eigenvalue weighted by molar-refractivity contribution is 5.80. The predicted octanol–water partition coefficient (Wildman–Crippen LogP) is 0.921. The van der Waals surface area contributed by atoms with Crippen LogP contribution in [0.1, 0.15) is 32.1 Å². The second-order valence-electron chi connectivity index (χ2n) is 5.28. The molecule has 1 saturated carbocycles. The summed E-state index contributed by atoms with van der Waals surface area (Å²) in [6.07, 6.45) is 5.19. The van der Waals surface area contributed by atoms with Gasteiger partial charge in [-0.3, -0.25) is 9.79 Å². The fourth-order valence-corrected chi connectivity index (χ4v) is 2.39. The smallest absolute Gasteiger partial charge is 0.307 e. The maximum atomic E-state index is 11.0. The molecule has 0 amide bonds. The van der Waals surface area contributed by atoms with Crippen molar-refractivity contribution in [2.24, 2.45) is 10.4 Å². The van der Waals surface area contributed by atoms with Crippen molar-refractivity contribution >= 4 is 11.9 Å². The fourth-order valence-electron chi connectivity index (χ4n) is 2.39. The molecule has 0 aromatic carbocycles. The molecule has 6 nitrogen and oxygen atoms in total. The third-order valence-corrected chi connectivity index (χ3v) is 3.95. The fraction of sp³-hybridized carbons (Fsp3) is 0.857. The molecule has 0 aliphatic heterocycles. The molecule has 0 bridgehead atoms. The molecule has 1 rings (SSSR count). The van der Waals surface area contributed by atoms with E-state index in [0.29, 0.717) is 18.4 Å². The van der Waals surface area contributed by atoms with Gasteiger partial charge >= 0.3 is 5.97 Å². The van der Waals surface area contributed by atoms with E-state index in [4.69, 9.17) is 4.74 Å². The average Bonchev–Trinajstić information content (AvgIpc) is 2.43. The lowest BCUT2D eigenvalue weighted by Gasteiger charge is -2.42. The van der Waals surface area contributed by atoms with Crippen molar-refractivity contribution in [2.45, 2.75) is 32.1 Å². The minimum absolute atomic E-state index is 0.219. The Morgan fingerprint density at radius 2 is 2.05 bits per heavy atom. The van der Waals surface area contributed by atoms with Gasteiger partial charge in [0.2, 0.25) is 0 Å². The van der Waals surface area contributed by atoms with Crippen molar-refractivity contribution in [1.82, 2.24) is 10.6 Å². The number of ether oxygens (including phenoxy) is 2. The van der Waals surface area contributed by atoms with Gasteiger partial charge in [0.1, 0.15) is 0 Å². The summed E-state index contributed by atoms with van der Waals surface area (Å²) in [4.78, 5) is 15.2. The van der Waals surface area contributed by atoms with Crippen LogP contribution in [-0.2, 0) is 14.3 Å². The Labute approximate surface area is 121 Å². The van der Waals surface area contributed by atoms with E-state index in [2.05, 4.69) is 20.4 Å². The minimum atomic E-state index is -0.219. The standard InChI is InChI=1S/C14H27N3O3/c1-15-13(16-9-5-12(18)20-3)17-11-14(6-4-7-14)8-10-19-2/h4-11H2,1-3H3,(H2,15,16,17). The first kappa shape index (κ1) is 16.8. The summed E-state index contributed by atoms with van der Waals surface area (Å²) in [5.74, 6) is 0.515. The van der Waals surface area contributed by atoms with Crippen molar-refractivity contribution < 1.29 is 14.3 Å². The summed E-state index contributed by atoms with van der Waals surface area (Å²) in [6.45, 7) is 2.22. The number of carbonyl (C=O) groups excluding carboxylic acids is 1. The van der Waals surface area contributed by atoms with Gasteiger partial charge in [-0.15, -0.1) is 0 Å². The van der Waals surface area contributed by atoms with Crippen LogP contribution in [-0.4, -0.2) is 52.9 Å². The average molecular weight is 285 g/mol. The van der Waals surface area contributed by atoms with Gasteiger partial charge in [-0.05, 0) is 24.7 Å². The molecule has 0 spiro atoms. The molecule has 0 unspecified atom stereocenters. The Hall–Kier alpha value is -1.30. The Kier molecular flexibility index (Phi) is 7.36. The zero-order valence-electron chi connectivity index (χ0n) is 12.8. The molecule has 1 fully saturated rings. The van der Waals surface area contributed by atoms with Gasteiger partial charge < -0.3 is 20.1 Å². The summed E-state index contributed by atoms with van der Waals surface area (Å²) >= 11 is 0. The highest BCUT2D eigenvalue weighted by atomic mass is 16.5. The Morgan fingerprint density at radius 3 is 2.55 bits per heavy atom. The molecule has 116 valence electrons. The number of guanidine groups is 1. The first-order valence-corrected chi connectivity index (χ1v) is 7.16. The Morgan fingerprint density at radius 1 is 1.30 bits per heavy atom. The van der Waals surface area contributed by atoms with E-state index < -0.39 is 0 Å². The van der Waals surface area contributed by atoms with Crippen molar-refractivity contribution in [3.8, 4) is 0 Å². The van der Waals surface area contributed by atoms with Crippen LogP contribution in [0, 0.1) is 5.41 Å². The van der Waals surface area contributed by atoms with Crippen LogP contribution in [0.4, 0.5) is 0 Å². The first-order valence-electron chi connectivity index (χ1n) is 7.16. The maximum absolute atomic E-state index is 11.0. The quantitative estimate of drug-likeness (QED) is 0.394. The molecule has 0 heterocycles. The minimum Gasteiger partial charge on any atom is -0.469 e. The predicted molar refractivity (Wildman–Crippen MR) is 78.8 cm³/mol. The van der Waals surface area contributed by atoms with Gasteiger partial charge in [-0.1, -0.05) is 6.42 Å². The maximum Gasteiger partial charge on any atom is 0.307 e. The summed E-state index contributed by atoms with van der Waals surface area (Å²) in [5, 5.41) is 6.46. The lowest BCUT2D eigenvalue weighted by Crippen LogP contribution is -2.47. The Bertz CT molecular complexity index is 328. The first-order chi connectivity index (χ1) is 9.65. The normalized spacial score (nSPS) is 17.2. The number of nitrogens with one attached hydrogen (secondary N) is 2. The van der Waals surface area contributed by atoms with Crippen LogP contribution in [0.5, 0.6) is 0 Å². The summed E-state index contributed by atoms with van der Waals surface area (Å²) in [5.41, 5.74) is 0.343. The second kappa shape index (κ2) is 8.79. The van der Waals surface area contributed by atoms with Gasteiger partial charge in [0.25, 0.3) is 0 Å². The number of esters is 1. The van der Waals surface area contributed by atoms with Crippen LogP contribution in [0.3, 0.4) is 0 Å². The zero-order chi connectivity index (χ0) is 14.8. The lowest BCUT2D eigenvalue weighted by molar-refractivity contribution is -0.140. The third-order valence-electron chi connectivity index (χ3n) is 3.95. The van der Waals surface area contributed by atoms with Crippen LogP contribution in [0.25, 0.3) is 0 Å². The number of hydrogen-bond acceptors (Lipinski definition) is 4. The molecular weight excluding hydrogens is 258 g/mol. The highest BCUT2D eigenvalue weighted by Gasteiger charge is 2.36. The number of hydrogen-bond donors (Lipinski definition) is 2. The van der Waals surface area contributed by atoms with Gasteiger partial charge in [0.05, 0.1) is 13.5 Å². The number of aliphatic imine (C=N–C) groups is 1. The van der Waals surface area contributed by atoms with Crippen molar-refractivity contribution in [3.05, 3.63) is 0 Å². The molecule has 1 aliphatic rings. The molecule has 2 N–H and O–H groups in total. The highest BCUT2D eigenvalue weighted by Crippen LogP contribution is 2.43. The van der Waals surface area contributed by atoms with Crippen LogP contribution in [0.15, 0.2) is 4.99 Å². The molecule has 0 saturated heterocycles. The van der Waals surface area contributed by atoms with Crippen LogP contribution < -0.4 is 10.6 Å². The molecule has 1 aliphatic carbocycles. The van der Waals surface area contributed by atoms with E-state index in [9.17, 15) is 4.79 Å². The number of carbonyl (C=O) groups is 1. The van der Waals surface area contributed by atoms with Gasteiger partial charge in [-0.25, -0.2) is 0 Å². The molecule has 0 atom stereocenters. The van der Waals surface area contributed by atoms with E-state index in [0.717, 1.165) is 25.5 Å². The van der Waals surface area contributed by atoms with E-state index in [1.165, 1.54) is 26.4 Å². The zero-order valence-corrected chi connectivity index (χ0v) is 12.8. The van der Waals surface area contributed by atoms with E-state index in [1.54, 1.807) is 14.2 Å². The van der Waals surface area contributed by atoms with Crippen LogP contribution >= 0.6 is 0 Å². The largest absolute Gasteiger partial charge is 0.469 e. The molecular formula is C14H27N3O3. The molecule has 20 heavy (non-hydrogen) atoms. The van der Waals surface area contributed by atoms with Gasteiger partial charge in [0.15, 0.2) is 5.96 Å². The molecule has 0 aromatic rings.